The third kappa shape index (κ3) is 4.23. The molecule has 0 saturated heterocycles. The summed E-state index contributed by atoms with van der Waals surface area (Å²) in [6, 6.07) is 11.2. The normalized spacial score (nSPS) is 10.9. The molecule has 6 nitrogen and oxygen atoms in total. The molecule has 2 rings (SSSR count). The molecule has 0 heterocycles. The summed E-state index contributed by atoms with van der Waals surface area (Å²) in [7, 11) is -2.29. The van der Waals surface area contributed by atoms with Gasteiger partial charge in [-0.25, -0.2) is 8.42 Å². The number of nitrogens with one attached hydrogen (secondary N) is 2. The van der Waals surface area contributed by atoms with Crippen LogP contribution < -0.4 is 14.8 Å². The standard InChI is InChI=1S/C16H18N2O4S/c1-11-4-7-14(8-5-11)23(20,21)18-16-10-13(22-3)6-9-15(16)17-12(2)19/h4-10,18H,1-3H3,(H,17,19). The van der Waals surface area contributed by atoms with E-state index in [0.717, 1.165) is 5.56 Å². The van der Waals surface area contributed by atoms with Crippen LogP contribution in [-0.4, -0.2) is 21.4 Å². The van der Waals surface area contributed by atoms with Crippen molar-refractivity contribution in [1.82, 2.24) is 0 Å². The van der Waals surface area contributed by atoms with E-state index in [2.05, 4.69) is 10.0 Å². The second-order valence-electron chi connectivity index (χ2n) is 5.01. The van der Waals surface area contributed by atoms with Gasteiger partial charge in [-0.1, -0.05) is 17.7 Å². The van der Waals surface area contributed by atoms with Gasteiger partial charge in [-0.05, 0) is 31.2 Å². The van der Waals surface area contributed by atoms with Crippen LogP contribution in [0.2, 0.25) is 0 Å². The van der Waals surface area contributed by atoms with Crippen molar-refractivity contribution in [2.45, 2.75) is 18.7 Å². The molecule has 23 heavy (non-hydrogen) atoms. The van der Waals surface area contributed by atoms with E-state index in [1.165, 1.54) is 32.2 Å². The molecule has 2 aromatic rings. The first kappa shape index (κ1) is 16.8. The van der Waals surface area contributed by atoms with Crippen LogP contribution in [0.25, 0.3) is 0 Å². The first-order chi connectivity index (χ1) is 10.8. The number of carbonyl (C=O) groups excluding carboxylic acids is 1. The van der Waals surface area contributed by atoms with Crippen LogP contribution in [-0.2, 0) is 14.8 Å². The highest BCUT2D eigenvalue weighted by atomic mass is 32.2. The SMILES string of the molecule is COc1ccc(NC(C)=O)c(NS(=O)(=O)c2ccc(C)cc2)c1. The van der Waals surface area contributed by atoms with Gasteiger partial charge in [0.2, 0.25) is 5.91 Å². The van der Waals surface area contributed by atoms with Crippen LogP contribution in [0.5, 0.6) is 5.75 Å². The summed E-state index contributed by atoms with van der Waals surface area (Å²) in [5.41, 5.74) is 1.55. The second-order valence-corrected chi connectivity index (χ2v) is 6.69. The molecule has 0 atom stereocenters. The Morgan fingerprint density at radius 3 is 2.26 bits per heavy atom. The predicted molar refractivity (Wildman–Crippen MR) is 89.3 cm³/mol. The minimum absolute atomic E-state index is 0.139. The Morgan fingerprint density at radius 2 is 1.70 bits per heavy atom. The number of anilines is 2. The first-order valence-corrected chi connectivity index (χ1v) is 8.35. The summed E-state index contributed by atoms with van der Waals surface area (Å²) in [5, 5.41) is 2.59. The number of rotatable bonds is 5. The van der Waals surface area contributed by atoms with E-state index < -0.39 is 10.0 Å². The van der Waals surface area contributed by atoms with Gasteiger partial charge in [0.25, 0.3) is 10.0 Å². The van der Waals surface area contributed by atoms with Crippen LogP contribution in [0, 0.1) is 6.92 Å². The van der Waals surface area contributed by atoms with Crippen molar-refractivity contribution in [1.29, 1.82) is 0 Å². The Labute approximate surface area is 135 Å². The first-order valence-electron chi connectivity index (χ1n) is 6.87. The van der Waals surface area contributed by atoms with Gasteiger partial charge >= 0.3 is 0 Å². The number of ether oxygens (including phenoxy) is 1. The lowest BCUT2D eigenvalue weighted by Gasteiger charge is -2.14. The zero-order valence-electron chi connectivity index (χ0n) is 13.1. The molecule has 0 aromatic heterocycles. The van der Waals surface area contributed by atoms with Crippen LogP contribution in [0.3, 0.4) is 0 Å². The van der Waals surface area contributed by atoms with Crippen molar-refractivity contribution >= 4 is 27.3 Å². The van der Waals surface area contributed by atoms with Gasteiger partial charge in [0.05, 0.1) is 23.4 Å². The summed E-state index contributed by atoms with van der Waals surface area (Å²) >= 11 is 0. The minimum Gasteiger partial charge on any atom is -0.497 e. The monoisotopic (exact) mass is 334 g/mol. The zero-order valence-corrected chi connectivity index (χ0v) is 13.9. The molecule has 2 N–H and O–H groups in total. The van der Waals surface area contributed by atoms with Gasteiger partial charge in [-0.15, -0.1) is 0 Å². The Kier molecular flexibility index (Phi) is 4.90. The maximum Gasteiger partial charge on any atom is 0.261 e. The molecule has 0 aliphatic heterocycles. The third-order valence-electron chi connectivity index (χ3n) is 3.11. The van der Waals surface area contributed by atoms with E-state index in [-0.39, 0.29) is 16.5 Å². The molecule has 7 heteroatoms. The summed E-state index contributed by atoms with van der Waals surface area (Å²) in [4.78, 5) is 11.4. The molecule has 0 aliphatic carbocycles. The molecule has 122 valence electrons. The molecule has 0 bridgehead atoms. The quantitative estimate of drug-likeness (QED) is 0.880. The third-order valence-corrected chi connectivity index (χ3v) is 4.49. The van der Waals surface area contributed by atoms with E-state index >= 15 is 0 Å². The molecular formula is C16H18N2O4S. The number of aryl methyl sites for hydroxylation is 1. The lowest BCUT2D eigenvalue weighted by molar-refractivity contribution is -0.114. The van der Waals surface area contributed by atoms with Crippen molar-refractivity contribution in [3.8, 4) is 5.75 Å². The molecule has 0 unspecified atom stereocenters. The molecule has 0 aliphatic rings. The zero-order chi connectivity index (χ0) is 17.0. The van der Waals surface area contributed by atoms with Gasteiger partial charge in [0, 0.05) is 13.0 Å². The molecular weight excluding hydrogens is 316 g/mol. The molecule has 0 saturated carbocycles. The number of benzene rings is 2. The molecule has 0 radical (unpaired) electrons. The molecule has 0 spiro atoms. The van der Waals surface area contributed by atoms with Crippen molar-refractivity contribution in [3.63, 3.8) is 0 Å². The molecule has 0 fully saturated rings. The van der Waals surface area contributed by atoms with Gasteiger partial charge in [0.15, 0.2) is 0 Å². The number of methoxy groups -OCH3 is 1. The van der Waals surface area contributed by atoms with Crippen LogP contribution in [0.4, 0.5) is 11.4 Å². The van der Waals surface area contributed by atoms with Crippen molar-refractivity contribution in [3.05, 3.63) is 48.0 Å². The van der Waals surface area contributed by atoms with Gasteiger partial charge in [-0.3, -0.25) is 9.52 Å². The maximum absolute atomic E-state index is 12.5. The van der Waals surface area contributed by atoms with Gasteiger partial charge in [0.1, 0.15) is 5.75 Å². The van der Waals surface area contributed by atoms with Crippen LogP contribution in [0.1, 0.15) is 12.5 Å². The van der Waals surface area contributed by atoms with Crippen molar-refractivity contribution in [2.24, 2.45) is 0 Å². The molecule has 2 aromatic carbocycles. The summed E-state index contributed by atoms with van der Waals surface area (Å²) in [6.45, 7) is 3.23. The van der Waals surface area contributed by atoms with E-state index in [9.17, 15) is 13.2 Å². The largest absolute Gasteiger partial charge is 0.497 e. The highest BCUT2D eigenvalue weighted by molar-refractivity contribution is 7.92. The number of carbonyl (C=O) groups is 1. The fraction of sp³-hybridized carbons (Fsp3) is 0.188. The number of amides is 1. The minimum atomic E-state index is -3.77. The fourth-order valence-corrected chi connectivity index (χ4v) is 3.03. The van der Waals surface area contributed by atoms with Crippen molar-refractivity contribution in [2.75, 3.05) is 17.1 Å². The van der Waals surface area contributed by atoms with E-state index in [0.29, 0.717) is 11.4 Å². The molecule has 1 amide bonds. The van der Waals surface area contributed by atoms with Crippen molar-refractivity contribution < 1.29 is 17.9 Å². The van der Waals surface area contributed by atoms with Crippen LogP contribution >= 0.6 is 0 Å². The Morgan fingerprint density at radius 1 is 1.04 bits per heavy atom. The number of hydrogen-bond donors (Lipinski definition) is 2. The maximum atomic E-state index is 12.5. The fourth-order valence-electron chi connectivity index (χ4n) is 1.95. The van der Waals surface area contributed by atoms with Gasteiger partial charge in [-0.2, -0.15) is 0 Å². The highest BCUT2D eigenvalue weighted by Gasteiger charge is 2.17. The highest BCUT2D eigenvalue weighted by Crippen LogP contribution is 2.29. The topological polar surface area (TPSA) is 84.5 Å². The number of sulfonamides is 1. The average Bonchev–Trinajstić information content (AvgIpc) is 2.48. The lowest BCUT2D eigenvalue weighted by atomic mass is 10.2. The van der Waals surface area contributed by atoms with E-state index in [1.807, 2.05) is 6.92 Å². The summed E-state index contributed by atoms with van der Waals surface area (Å²) < 4.78 is 32.6. The van der Waals surface area contributed by atoms with Gasteiger partial charge < -0.3 is 10.1 Å². The smallest absolute Gasteiger partial charge is 0.261 e. The van der Waals surface area contributed by atoms with E-state index in [1.54, 1.807) is 24.3 Å². The summed E-state index contributed by atoms with van der Waals surface area (Å²) in [5.74, 6) is 0.173. The average molecular weight is 334 g/mol. The lowest BCUT2D eigenvalue weighted by Crippen LogP contribution is -2.16. The summed E-state index contributed by atoms with van der Waals surface area (Å²) in [6.07, 6.45) is 0. The Balaban J connectivity index is 2.40. The Bertz CT molecular complexity index is 814. The Hall–Kier alpha value is -2.54. The number of hydrogen-bond acceptors (Lipinski definition) is 4. The second kappa shape index (κ2) is 6.70. The van der Waals surface area contributed by atoms with E-state index in [4.69, 9.17) is 4.74 Å². The van der Waals surface area contributed by atoms with Crippen LogP contribution in [0.15, 0.2) is 47.4 Å². The predicted octanol–water partition coefficient (Wildman–Crippen LogP) is 2.76.